The number of hydrogen-bond donors (Lipinski definition) is 1. The van der Waals surface area contributed by atoms with Gasteiger partial charge in [-0.15, -0.1) is 0 Å². The molecule has 1 aromatic heterocycles. The summed E-state index contributed by atoms with van der Waals surface area (Å²) in [4.78, 5) is 9.94. The Labute approximate surface area is 135 Å². The van der Waals surface area contributed by atoms with Gasteiger partial charge in [0.15, 0.2) is 0 Å². The molecular formula is C14H9BrClN5. The summed E-state index contributed by atoms with van der Waals surface area (Å²) in [5, 5.41) is 12.9. The summed E-state index contributed by atoms with van der Waals surface area (Å²) in [5.74, 6) is 0.661. The minimum absolute atomic E-state index is 0.0970. The number of allylic oxidation sites excluding steroid dienone is 1. The number of aromatic nitrogens is 2. The maximum atomic E-state index is 9.55. The highest BCUT2D eigenvalue weighted by molar-refractivity contribution is 9.10. The maximum absolute atomic E-state index is 9.55. The predicted molar refractivity (Wildman–Crippen MR) is 85.7 cm³/mol. The van der Waals surface area contributed by atoms with E-state index >= 15 is 0 Å². The zero-order valence-electron chi connectivity index (χ0n) is 10.9. The molecule has 104 valence electrons. The third-order valence-corrected chi connectivity index (χ3v) is 3.92. The van der Waals surface area contributed by atoms with Crippen LogP contribution in [0.15, 0.2) is 40.8 Å². The second kappa shape index (κ2) is 5.35. The van der Waals surface area contributed by atoms with Gasteiger partial charge < -0.3 is 10.2 Å². The van der Waals surface area contributed by atoms with E-state index in [0.717, 1.165) is 11.4 Å². The molecule has 0 atom stereocenters. The lowest BCUT2D eigenvalue weighted by molar-refractivity contribution is 1.11. The lowest BCUT2D eigenvalue weighted by Crippen LogP contribution is -2.17. The normalized spacial score (nSPS) is 15.2. The molecule has 1 aromatic carbocycles. The third-order valence-electron chi connectivity index (χ3n) is 3.15. The van der Waals surface area contributed by atoms with Crippen LogP contribution in [0.3, 0.4) is 0 Å². The van der Waals surface area contributed by atoms with Crippen LogP contribution >= 0.6 is 27.5 Å². The lowest BCUT2D eigenvalue weighted by Gasteiger charge is -2.15. The second-order valence-corrected chi connectivity index (χ2v) is 5.56. The van der Waals surface area contributed by atoms with Crippen LogP contribution in [0.4, 0.5) is 11.4 Å². The molecule has 1 aliphatic rings. The maximum Gasteiger partial charge on any atom is 0.222 e. The topological polar surface area (TPSA) is 64.8 Å². The number of para-hydroxylation sites is 2. The van der Waals surface area contributed by atoms with Crippen molar-refractivity contribution in [1.29, 1.82) is 5.26 Å². The average molecular weight is 363 g/mol. The molecule has 0 aliphatic carbocycles. The Hall–Kier alpha value is -2.10. The summed E-state index contributed by atoms with van der Waals surface area (Å²) in [5.41, 5.74) is 2.79. The molecule has 0 saturated heterocycles. The number of nitriles is 1. The molecule has 0 amide bonds. The molecule has 0 bridgehead atoms. The number of nitrogens with zero attached hydrogens (tertiary/aromatic N) is 4. The van der Waals surface area contributed by atoms with E-state index in [1.807, 2.05) is 36.2 Å². The smallest absolute Gasteiger partial charge is 0.222 e. The fourth-order valence-corrected chi connectivity index (χ4v) is 2.70. The van der Waals surface area contributed by atoms with Crippen molar-refractivity contribution in [3.8, 4) is 6.07 Å². The van der Waals surface area contributed by atoms with Crippen LogP contribution in [0.1, 0.15) is 5.69 Å². The van der Waals surface area contributed by atoms with Crippen LogP contribution in [0.2, 0.25) is 5.28 Å². The van der Waals surface area contributed by atoms with Crippen LogP contribution < -0.4 is 10.2 Å². The molecule has 3 rings (SSSR count). The molecule has 0 unspecified atom stereocenters. The molecule has 7 heteroatoms. The fourth-order valence-electron chi connectivity index (χ4n) is 2.17. The number of fused-ring (bicyclic) bond motifs is 1. The van der Waals surface area contributed by atoms with Gasteiger partial charge in [-0.05, 0) is 39.7 Å². The molecule has 2 heterocycles. The van der Waals surface area contributed by atoms with Gasteiger partial charge in [-0.1, -0.05) is 12.1 Å². The van der Waals surface area contributed by atoms with Gasteiger partial charge in [0, 0.05) is 13.2 Å². The molecule has 0 saturated carbocycles. The second-order valence-electron chi connectivity index (χ2n) is 4.37. The minimum atomic E-state index is 0.0970. The first kappa shape index (κ1) is 13.9. The number of benzene rings is 1. The van der Waals surface area contributed by atoms with Gasteiger partial charge in [-0.3, -0.25) is 0 Å². The van der Waals surface area contributed by atoms with Crippen molar-refractivity contribution in [3.63, 3.8) is 0 Å². The van der Waals surface area contributed by atoms with Crippen LogP contribution in [0, 0.1) is 11.3 Å². The van der Waals surface area contributed by atoms with Crippen molar-refractivity contribution in [2.24, 2.45) is 0 Å². The Morgan fingerprint density at radius 1 is 1.43 bits per heavy atom. The standard InChI is InChI=1S/C14H9BrClN5/c1-21-11-5-3-2-4-10(11)19-13(21)8(6-17)12-9(15)7-18-14(16)20-12/h2-5,7,19H,1H3/b13-8-. The van der Waals surface area contributed by atoms with Gasteiger partial charge in [-0.2, -0.15) is 5.26 Å². The fraction of sp³-hybridized carbons (Fsp3) is 0.0714. The van der Waals surface area contributed by atoms with Crippen LogP contribution in [-0.4, -0.2) is 17.0 Å². The third kappa shape index (κ3) is 2.35. The van der Waals surface area contributed by atoms with E-state index in [1.54, 1.807) is 0 Å². The first-order valence-corrected chi connectivity index (χ1v) is 7.21. The van der Waals surface area contributed by atoms with Gasteiger partial charge >= 0.3 is 0 Å². The molecular weight excluding hydrogens is 354 g/mol. The van der Waals surface area contributed by atoms with E-state index in [2.05, 4.69) is 37.3 Å². The quantitative estimate of drug-likeness (QED) is 0.620. The number of rotatable bonds is 1. The van der Waals surface area contributed by atoms with Crippen LogP contribution in [0.5, 0.6) is 0 Å². The highest BCUT2D eigenvalue weighted by Gasteiger charge is 2.25. The monoisotopic (exact) mass is 361 g/mol. The van der Waals surface area contributed by atoms with E-state index in [9.17, 15) is 5.26 Å². The zero-order chi connectivity index (χ0) is 15.0. The van der Waals surface area contributed by atoms with Crippen LogP contribution in [-0.2, 0) is 0 Å². The Balaban J connectivity index is 2.17. The molecule has 2 aromatic rings. The van der Waals surface area contributed by atoms with Gasteiger partial charge in [-0.25, -0.2) is 9.97 Å². The van der Waals surface area contributed by atoms with Gasteiger partial charge in [0.25, 0.3) is 0 Å². The summed E-state index contributed by atoms with van der Waals surface area (Å²) < 4.78 is 0.613. The lowest BCUT2D eigenvalue weighted by atomic mass is 10.2. The first-order chi connectivity index (χ1) is 10.1. The molecule has 5 nitrogen and oxygen atoms in total. The Morgan fingerprint density at radius 3 is 2.90 bits per heavy atom. The van der Waals surface area contributed by atoms with Gasteiger partial charge in [0.1, 0.15) is 23.2 Å². The number of nitrogens with one attached hydrogen (secondary N) is 1. The molecule has 1 aliphatic heterocycles. The number of anilines is 2. The molecule has 0 fully saturated rings. The molecule has 0 radical (unpaired) electrons. The van der Waals surface area contributed by atoms with Crippen molar-refractivity contribution in [2.45, 2.75) is 0 Å². The molecule has 0 spiro atoms. The van der Waals surface area contributed by atoms with Crippen molar-refractivity contribution in [1.82, 2.24) is 9.97 Å². The van der Waals surface area contributed by atoms with Gasteiger partial charge in [0.05, 0.1) is 15.8 Å². The van der Waals surface area contributed by atoms with Crippen molar-refractivity contribution in [2.75, 3.05) is 17.3 Å². The Kier molecular flexibility index (Phi) is 3.53. The number of hydrogen-bond acceptors (Lipinski definition) is 5. The van der Waals surface area contributed by atoms with Crippen molar-refractivity contribution >= 4 is 44.5 Å². The van der Waals surface area contributed by atoms with E-state index < -0.39 is 0 Å². The van der Waals surface area contributed by atoms with E-state index in [0.29, 0.717) is 21.6 Å². The van der Waals surface area contributed by atoms with E-state index in [4.69, 9.17) is 11.6 Å². The van der Waals surface area contributed by atoms with Crippen molar-refractivity contribution in [3.05, 3.63) is 51.7 Å². The van der Waals surface area contributed by atoms with Crippen molar-refractivity contribution < 1.29 is 0 Å². The highest BCUT2D eigenvalue weighted by atomic mass is 79.9. The predicted octanol–water partition coefficient (Wildman–Crippen LogP) is 3.65. The minimum Gasteiger partial charge on any atom is -0.339 e. The van der Waals surface area contributed by atoms with Gasteiger partial charge in [0.2, 0.25) is 5.28 Å². The summed E-state index contributed by atoms with van der Waals surface area (Å²) in [7, 11) is 1.89. The molecule has 21 heavy (non-hydrogen) atoms. The largest absolute Gasteiger partial charge is 0.339 e. The summed E-state index contributed by atoms with van der Waals surface area (Å²) >= 11 is 9.20. The number of halogens is 2. The summed E-state index contributed by atoms with van der Waals surface area (Å²) in [6, 6.07) is 10.0. The summed E-state index contributed by atoms with van der Waals surface area (Å²) in [6.07, 6.45) is 1.53. The molecule has 1 N–H and O–H groups in total. The van der Waals surface area contributed by atoms with Crippen LogP contribution in [0.25, 0.3) is 5.57 Å². The summed E-state index contributed by atoms with van der Waals surface area (Å²) in [6.45, 7) is 0. The van der Waals surface area contributed by atoms with E-state index in [-0.39, 0.29) is 5.28 Å². The Morgan fingerprint density at radius 2 is 2.19 bits per heavy atom. The van der Waals surface area contributed by atoms with E-state index in [1.165, 1.54) is 6.20 Å². The zero-order valence-corrected chi connectivity index (χ0v) is 13.3. The first-order valence-electron chi connectivity index (χ1n) is 6.04. The highest BCUT2D eigenvalue weighted by Crippen LogP contribution is 2.38. The SMILES string of the molecule is CN1/C(=C(/C#N)c2nc(Cl)ncc2Br)Nc2ccccc21. The Bertz CT molecular complexity index is 796. The average Bonchev–Trinajstić information content (AvgIpc) is 2.81.